The van der Waals surface area contributed by atoms with Crippen LogP contribution in [0, 0.1) is 0 Å². The van der Waals surface area contributed by atoms with Crippen LogP contribution in [0.1, 0.15) is 19.8 Å². The van der Waals surface area contributed by atoms with Gasteiger partial charge in [-0.3, -0.25) is 0 Å². The Morgan fingerprint density at radius 1 is 1.32 bits per heavy atom. The fourth-order valence-electron chi connectivity index (χ4n) is 1.47. The number of nitrogens with one attached hydrogen (secondary N) is 2. The van der Waals surface area contributed by atoms with E-state index in [-0.39, 0.29) is 17.9 Å². The van der Waals surface area contributed by atoms with Crippen LogP contribution < -0.4 is 10.6 Å². The van der Waals surface area contributed by atoms with Gasteiger partial charge in [-0.25, -0.2) is 0 Å². The van der Waals surface area contributed by atoms with Gasteiger partial charge in [-0.05, 0) is 24.4 Å². The molecule has 0 bridgehead atoms. The minimum atomic E-state index is -0.0764. The summed E-state index contributed by atoms with van der Waals surface area (Å²) < 4.78 is 5.06. The lowest BCUT2D eigenvalue weighted by atomic mass is 10.2. The molecule has 1 aromatic heterocycles. The minimum absolute atomic E-state index is 0.0563. The van der Waals surface area contributed by atoms with E-state index in [1.807, 2.05) is 6.92 Å². The number of rotatable bonds is 9. The van der Waals surface area contributed by atoms with Gasteiger partial charge >= 0.3 is 0 Å². The number of aliphatic hydroxyl groups excluding tert-OH is 1. The molecule has 1 aromatic rings. The highest BCUT2D eigenvalue weighted by Crippen LogP contribution is 2.11. The van der Waals surface area contributed by atoms with Crippen molar-refractivity contribution in [2.24, 2.45) is 0 Å². The topological polar surface area (TPSA) is 92.2 Å². The zero-order chi connectivity index (χ0) is 14.1. The van der Waals surface area contributed by atoms with Crippen LogP contribution in [-0.2, 0) is 4.74 Å². The predicted molar refractivity (Wildman–Crippen MR) is 74.6 cm³/mol. The van der Waals surface area contributed by atoms with Crippen molar-refractivity contribution in [3.8, 4) is 0 Å². The van der Waals surface area contributed by atoms with Gasteiger partial charge in [-0.2, -0.15) is 15.0 Å². The Balaban J connectivity index is 2.72. The number of ether oxygens (including phenoxy) is 1. The zero-order valence-electron chi connectivity index (χ0n) is 11.2. The van der Waals surface area contributed by atoms with Crippen LogP contribution in [0.15, 0.2) is 0 Å². The monoisotopic (exact) mass is 289 g/mol. The zero-order valence-corrected chi connectivity index (χ0v) is 11.9. The van der Waals surface area contributed by atoms with Crippen LogP contribution in [0.25, 0.3) is 0 Å². The van der Waals surface area contributed by atoms with Crippen LogP contribution >= 0.6 is 11.6 Å². The van der Waals surface area contributed by atoms with Gasteiger partial charge < -0.3 is 20.5 Å². The van der Waals surface area contributed by atoms with Gasteiger partial charge in [-0.1, -0.05) is 6.92 Å². The lowest BCUT2D eigenvalue weighted by molar-refractivity contribution is 0.170. The van der Waals surface area contributed by atoms with Crippen molar-refractivity contribution in [2.75, 3.05) is 37.5 Å². The Labute approximate surface area is 117 Å². The molecule has 0 spiro atoms. The van der Waals surface area contributed by atoms with Gasteiger partial charge in [0.05, 0.1) is 12.6 Å². The Morgan fingerprint density at radius 2 is 2.05 bits per heavy atom. The van der Waals surface area contributed by atoms with Crippen molar-refractivity contribution in [3.63, 3.8) is 0 Å². The molecule has 0 radical (unpaired) electrons. The number of anilines is 2. The number of halogens is 1. The summed E-state index contributed by atoms with van der Waals surface area (Å²) in [7, 11) is 1.60. The summed E-state index contributed by atoms with van der Waals surface area (Å²) in [6, 6.07) is -0.0764. The first kappa shape index (κ1) is 15.9. The van der Waals surface area contributed by atoms with Gasteiger partial charge in [0, 0.05) is 20.3 Å². The van der Waals surface area contributed by atoms with E-state index in [1.165, 1.54) is 0 Å². The average molecular weight is 290 g/mol. The summed E-state index contributed by atoms with van der Waals surface area (Å²) in [6.45, 7) is 3.31. The maximum absolute atomic E-state index is 8.98. The average Bonchev–Trinajstić information content (AvgIpc) is 2.36. The van der Waals surface area contributed by atoms with E-state index in [1.54, 1.807) is 7.11 Å². The van der Waals surface area contributed by atoms with Gasteiger partial charge in [0.1, 0.15) is 0 Å². The molecule has 0 aromatic carbocycles. The fraction of sp³-hybridized carbons (Fsp3) is 0.727. The van der Waals surface area contributed by atoms with Crippen molar-refractivity contribution >= 4 is 23.5 Å². The number of hydrogen-bond donors (Lipinski definition) is 3. The van der Waals surface area contributed by atoms with Crippen molar-refractivity contribution in [1.29, 1.82) is 0 Å². The minimum Gasteiger partial charge on any atom is -0.396 e. The van der Waals surface area contributed by atoms with E-state index in [0.29, 0.717) is 24.9 Å². The van der Waals surface area contributed by atoms with E-state index >= 15 is 0 Å². The first-order valence-corrected chi connectivity index (χ1v) is 6.59. The molecule has 0 aliphatic rings. The summed E-state index contributed by atoms with van der Waals surface area (Å²) in [4.78, 5) is 12.2. The second-order valence-corrected chi connectivity index (χ2v) is 4.33. The lowest BCUT2D eigenvalue weighted by Crippen LogP contribution is -2.27. The molecule has 0 amide bonds. The van der Waals surface area contributed by atoms with E-state index < -0.39 is 0 Å². The van der Waals surface area contributed by atoms with E-state index in [2.05, 4.69) is 25.6 Å². The van der Waals surface area contributed by atoms with E-state index in [4.69, 9.17) is 21.4 Å². The summed E-state index contributed by atoms with van der Waals surface area (Å²) >= 11 is 5.84. The highest BCUT2D eigenvalue weighted by molar-refractivity contribution is 6.28. The number of aromatic nitrogens is 3. The fourth-order valence-corrected chi connectivity index (χ4v) is 1.63. The van der Waals surface area contributed by atoms with Crippen LogP contribution in [0.5, 0.6) is 0 Å². The molecule has 1 rings (SSSR count). The molecule has 8 heteroatoms. The third-order valence-electron chi connectivity index (χ3n) is 2.32. The normalized spacial score (nSPS) is 12.2. The SMILES string of the molecule is CCCNc1nc(Cl)nc(NC(CCO)COC)n1. The first-order chi connectivity index (χ1) is 9.19. The Kier molecular flexibility index (Phi) is 7.39. The molecule has 0 saturated heterocycles. The third-order valence-corrected chi connectivity index (χ3v) is 2.49. The second-order valence-electron chi connectivity index (χ2n) is 3.99. The van der Waals surface area contributed by atoms with Crippen LogP contribution in [0.2, 0.25) is 5.28 Å². The van der Waals surface area contributed by atoms with E-state index in [0.717, 1.165) is 13.0 Å². The number of aliphatic hydroxyl groups is 1. The molecule has 7 nitrogen and oxygen atoms in total. The molecule has 0 aliphatic heterocycles. The molecule has 19 heavy (non-hydrogen) atoms. The van der Waals surface area contributed by atoms with Gasteiger partial charge in [0.2, 0.25) is 17.2 Å². The van der Waals surface area contributed by atoms with Crippen LogP contribution in [-0.4, -0.2) is 53.0 Å². The molecular weight excluding hydrogens is 270 g/mol. The molecule has 1 atom stereocenters. The second kappa shape index (κ2) is 8.84. The highest BCUT2D eigenvalue weighted by Gasteiger charge is 2.11. The third kappa shape index (κ3) is 6.00. The molecule has 0 aliphatic carbocycles. The molecule has 108 valence electrons. The van der Waals surface area contributed by atoms with Gasteiger partial charge in [-0.15, -0.1) is 0 Å². The molecule has 0 fully saturated rings. The maximum atomic E-state index is 8.98. The number of hydrogen-bond acceptors (Lipinski definition) is 7. The Morgan fingerprint density at radius 3 is 2.68 bits per heavy atom. The van der Waals surface area contributed by atoms with Crippen LogP contribution in [0.4, 0.5) is 11.9 Å². The summed E-state index contributed by atoms with van der Waals surface area (Å²) in [5, 5.41) is 15.2. The summed E-state index contributed by atoms with van der Waals surface area (Å²) in [6.07, 6.45) is 1.50. The number of nitrogens with zero attached hydrogens (tertiary/aromatic N) is 3. The molecule has 0 saturated carbocycles. The molecular formula is C11H20ClN5O2. The Bertz CT molecular complexity index is 374. The van der Waals surface area contributed by atoms with Gasteiger partial charge in [0.15, 0.2) is 0 Å². The van der Waals surface area contributed by atoms with Crippen LogP contribution in [0.3, 0.4) is 0 Å². The highest BCUT2D eigenvalue weighted by atomic mass is 35.5. The van der Waals surface area contributed by atoms with Crippen molar-refractivity contribution < 1.29 is 9.84 Å². The quantitative estimate of drug-likeness (QED) is 0.628. The number of methoxy groups -OCH3 is 1. The van der Waals surface area contributed by atoms with Gasteiger partial charge in [0.25, 0.3) is 0 Å². The summed E-state index contributed by atoms with van der Waals surface area (Å²) in [5.74, 6) is 0.804. The van der Waals surface area contributed by atoms with E-state index in [9.17, 15) is 0 Å². The smallest absolute Gasteiger partial charge is 0.229 e. The molecule has 1 unspecified atom stereocenters. The van der Waals surface area contributed by atoms with Crippen molar-refractivity contribution in [2.45, 2.75) is 25.8 Å². The predicted octanol–water partition coefficient (Wildman–Crippen LogP) is 1.16. The maximum Gasteiger partial charge on any atom is 0.229 e. The van der Waals surface area contributed by atoms with Crippen molar-refractivity contribution in [1.82, 2.24) is 15.0 Å². The largest absolute Gasteiger partial charge is 0.396 e. The standard InChI is InChI=1S/C11H20ClN5O2/c1-3-5-13-10-15-9(12)16-11(17-10)14-8(4-6-18)7-19-2/h8,18H,3-7H2,1-2H3,(H2,13,14,15,16,17). The molecule has 1 heterocycles. The summed E-state index contributed by atoms with van der Waals surface area (Å²) in [5.41, 5.74) is 0. The Hall–Kier alpha value is -1.18. The lowest BCUT2D eigenvalue weighted by Gasteiger charge is -2.17. The molecule has 3 N–H and O–H groups in total. The first-order valence-electron chi connectivity index (χ1n) is 6.21. The van der Waals surface area contributed by atoms with Crippen molar-refractivity contribution in [3.05, 3.63) is 5.28 Å².